The van der Waals surface area contributed by atoms with Crippen LogP contribution in [0, 0.1) is 0 Å². The summed E-state index contributed by atoms with van der Waals surface area (Å²) in [5.74, 6) is -0.0709. The molecule has 152 valence electrons. The molecule has 0 saturated heterocycles. The molecule has 1 aromatic carbocycles. The van der Waals surface area contributed by atoms with E-state index in [1.807, 2.05) is 0 Å². The fourth-order valence-electron chi connectivity index (χ4n) is 3.03. The molecular weight excluding hydrogens is 366 g/mol. The van der Waals surface area contributed by atoms with E-state index in [0.717, 1.165) is 19.4 Å². The molecule has 0 bridgehead atoms. The van der Waals surface area contributed by atoms with Gasteiger partial charge in [0.15, 0.2) is 0 Å². The van der Waals surface area contributed by atoms with E-state index in [4.69, 9.17) is 4.74 Å². The van der Waals surface area contributed by atoms with Crippen molar-refractivity contribution in [1.29, 1.82) is 0 Å². The summed E-state index contributed by atoms with van der Waals surface area (Å²) in [7, 11) is -2.30. The van der Waals surface area contributed by atoms with Crippen LogP contribution in [0.15, 0.2) is 23.1 Å². The second-order valence-electron chi connectivity index (χ2n) is 7.44. The fraction of sp³-hybridized carbons (Fsp3) is 0.632. The zero-order chi connectivity index (χ0) is 20.2. The van der Waals surface area contributed by atoms with Crippen molar-refractivity contribution in [1.82, 2.24) is 14.9 Å². The van der Waals surface area contributed by atoms with E-state index in [9.17, 15) is 13.2 Å². The Morgan fingerprint density at radius 2 is 1.85 bits per heavy atom. The van der Waals surface area contributed by atoms with Crippen molar-refractivity contribution in [2.75, 3.05) is 20.2 Å². The van der Waals surface area contributed by atoms with Gasteiger partial charge < -0.3 is 10.1 Å². The lowest BCUT2D eigenvalue weighted by atomic mass is 10.2. The molecule has 2 N–H and O–H groups in total. The van der Waals surface area contributed by atoms with Crippen LogP contribution in [-0.2, 0) is 10.0 Å². The van der Waals surface area contributed by atoms with Gasteiger partial charge in [-0.1, -0.05) is 0 Å². The van der Waals surface area contributed by atoms with Crippen LogP contribution in [-0.4, -0.2) is 57.5 Å². The molecule has 0 aromatic heterocycles. The van der Waals surface area contributed by atoms with Crippen molar-refractivity contribution in [3.8, 4) is 5.75 Å². The average Bonchev–Trinajstić information content (AvgIpc) is 3.40. The monoisotopic (exact) mass is 397 g/mol. The molecule has 27 heavy (non-hydrogen) atoms. The first-order valence-corrected chi connectivity index (χ1v) is 10.9. The summed E-state index contributed by atoms with van der Waals surface area (Å²) in [4.78, 5) is 14.8. The molecule has 0 radical (unpaired) electrons. The smallest absolute Gasteiger partial charge is 0.251 e. The van der Waals surface area contributed by atoms with Crippen LogP contribution < -0.4 is 14.8 Å². The van der Waals surface area contributed by atoms with E-state index in [2.05, 4.69) is 42.6 Å². The molecule has 0 spiro atoms. The number of sulfonamides is 1. The molecule has 0 heterocycles. The molecule has 1 saturated carbocycles. The first-order valence-electron chi connectivity index (χ1n) is 9.40. The average molecular weight is 398 g/mol. The zero-order valence-electron chi connectivity index (χ0n) is 16.8. The summed E-state index contributed by atoms with van der Waals surface area (Å²) in [6, 6.07) is 5.22. The predicted molar refractivity (Wildman–Crippen MR) is 106 cm³/mol. The first-order chi connectivity index (χ1) is 12.7. The van der Waals surface area contributed by atoms with E-state index in [0.29, 0.717) is 24.2 Å². The molecule has 1 aromatic rings. The third kappa shape index (κ3) is 5.92. The molecule has 1 amide bonds. The molecule has 1 fully saturated rings. The molecule has 1 aliphatic carbocycles. The number of hydrogen-bond donors (Lipinski definition) is 2. The Kier molecular flexibility index (Phi) is 7.25. The fourth-order valence-corrected chi connectivity index (χ4v) is 4.53. The van der Waals surface area contributed by atoms with E-state index >= 15 is 0 Å². The lowest BCUT2D eigenvalue weighted by Gasteiger charge is -2.30. The highest BCUT2D eigenvalue weighted by molar-refractivity contribution is 7.89. The standard InChI is InChI=1S/C19H31N3O4S/c1-13(2)22(14(3)4)11-10-20-19(23)15-6-9-17(26-5)18(12-15)27(24,25)21-16-7-8-16/h6,9,12-14,16,21H,7-8,10-11H2,1-5H3,(H,20,23). The Hall–Kier alpha value is -1.64. The summed E-state index contributed by atoms with van der Waals surface area (Å²) in [6.07, 6.45) is 1.67. The number of methoxy groups -OCH3 is 1. The van der Waals surface area contributed by atoms with Crippen molar-refractivity contribution in [2.45, 2.75) is 63.6 Å². The summed E-state index contributed by atoms with van der Waals surface area (Å²) in [6.45, 7) is 9.70. The minimum Gasteiger partial charge on any atom is -0.495 e. The van der Waals surface area contributed by atoms with Crippen LogP contribution >= 0.6 is 0 Å². The van der Waals surface area contributed by atoms with E-state index in [1.165, 1.54) is 19.2 Å². The summed E-state index contributed by atoms with van der Waals surface area (Å²) >= 11 is 0. The van der Waals surface area contributed by atoms with Crippen LogP contribution in [0.25, 0.3) is 0 Å². The molecule has 7 nitrogen and oxygen atoms in total. The van der Waals surface area contributed by atoms with Gasteiger partial charge in [0.2, 0.25) is 10.0 Å². The highest BCUT2D eigenvalue weighted by Gasteiger charge is 2.30. The van der Waals surface area contributed by atoms with Gasteiger partial charge in [0.25, 0.3) is 5.91 Å². The second kappa shape index (κ2) is 9.03. The highest BCUT2D eigenvalue weighted by atomic mass is 32.2. The van der Waals surface area contributed by atoms with Crippen molar-refractivity contribution < 1.29 is 17.9 Å². The van der Waals surface area contributed by atoms with Crippen molar-refractivity contribution in [3.63, 3.8) is 0 Å². The Morgan fingerprint density at radius 3 is 2.37 bits per heavy atom. The Balaban J connectivity index is 2.09. The molecule has 0 atom stereocenters. The minimum absolute atomic E-state index is 0.00413. The SMILES string of the molecule is COc1ccc(C(=O)NCCN(C(C)C)C(C)C)cc1S(=O)(=O)NC1CC1. The first kappa shape index (κ1) is 21.7. The van der Waals surface area contributed by atoms with E-state index in [-0.39, 0.29) is 22.6 Å². The van der Waals surface area contributed by atoms with Gasteiger partial charge in [0.05, 0.1) is 7.11 Å². The van der Waals surface area contributed by atoms with Gasteiger partial charge in [0.1, 0.15) is 10.6 Å². The van der Waals surface area contributed by atoms with E-state index in [1.54, 1.807) is 6.07 Å². The van der Waals surface area contributed by atoms with E-state index < -0.39 is 10.0 Å². The maximum atomic E-state index is 12.6. The van der Waals surface area contributed by atoms with Crippen LogP contribution in [0.2, 0.25) is 0 Å². The van der Waals surface area contributed by atoms with Crippen LogP contribution in [0.5, 0.6) is 5.75 Å². The third-order valence-electron chi connectivity index (χ3n) is 4.60. The Bertz CT molecular complexity index is 750. The lowest BCUT2D eigenvalue weighted by molar-refractivity contribution is 0.0939. The predicted octanol–water partition coefficient (Wildman–Crippen LogP) is 1.98. The van der Waals surface area contributed by atoms with Gasteiger partial charge in [-0.05, 0) is 58.7 Å². The second-order valence-corrected chi connectivity index (χ2v) is 9.12. The highest BCUT2D eigenvalue weighted by Crippen LogP contribution is 2.28. The number of benzene rings is 1. The maximum absolute atomic E-state index is 12.6. The van der Waals surface area contributed by atoms with Crippen LogP contribution in [0.3, 0.4) is 0 Å². The Morgan fingerprint density at radius 1 is 1.22 bits per heavy atom. The third-order valence-corrected chi connectivity index (χ3v) is 6.14. The quantitative estimate of drug-likeness (QED) is 0.630. The number of nitrogens with zero attached hydrogens (tertiary/aromatic N) is 1. The van der Waals surface area contributed by atoms with Gasteiger partial charge in [-0.15, -0.1) is 0 Å². The summed E-state index contributed by atoms with van der Waals surface area (Å²) in [5, 5.41) is 2.87. The number of carbonyl (C=O) groups excluding carboxylic acids is 1. The largest absolute Gasteiger partial charge is 0.495 e. The summed E-state index contributed by atoms with van der Waals surface area (Å²) in [5.41, 5.74) is 0.299. The number of ether oxygens (including phenoxy) is 1. The maximum Gasteiger partial charge on any atom is 0.251 e. The molecule has 1 aliphatic rings. The van der Waals surface area contributed by atoms with Gasteiger partial charge in [-0.25, -0.2) is 13.1 Å². The van der Waals surface area contributed by atoms with Crippen molar-refractivity contribution >= 4 is 15.9 Å². The van der Waals surface area contributed by atoms with Gasteiger partial charge in [0, 0.05) is 36.8 Å². The summed E-state index contributed by atoms with van der Waals surface area (Å²) < 4.78 is 32.9. The van der Waals surface area contributed by atoms with Gasteiger partial charge >= 0.3 is 0 Å². The molecule has 2 rings (SSSR count). The molecule has 0 unspecified atom stereocenters. The topological polar surface area (TPSA) is 87.7 Å². The number of rotatable bonds is 10. The number of carbonyl (C=O) groups is 1. The number of nitrogens with one attached hydrogen (secondary N) is 2. The van der Waals surface area contributed by atoms with Crippen LogP contribution in [0.1, 0.15) is 50.9 Å². The molecule has 8 heteroatoms. The lowest BCUT2D eigenvalue weighted by Crippen LogP contribution is -2.42. The van der Waals surface area contributed by atoms with Gasteiger partial charge in [-0.3, -0.25) is 9.69 Å². The number of amides is 1. The normalized spacial score (nSPS) is 14.8. The Labute approximate surface area is 162 Å². The van der Waals surface area contributed by atoms with Crippen molar-refractivity contribution in [2.24, 2.45) is 0 Å². The van der Waals surface area contributed by atoms with Gasteiger partial charge in [-0.2, -0.15) is 0 Å². The van der Waals surface area contributed by atoms with Crippen LogP contribution in [0.4, 0.5) is 0 Å². The number of hydrogen-bond acceptors (Lipinski definition) is 5. The molecule has 0 aliphatic heterocycles. The van der Waals surface area contributed by atoms with Crippen molar-refractivity contribution in [3.05, 3.63) is 23.8 Å². The minimum atomic E-state index is -3.72. The zero-order valence-corrected chi connectivity index (χ0v) is 17.6. The molecular formula is C19H31N3O4S.